The van der Waals surface area contributed by atoms with Gasteiger partial charge in [-0.2, -0.15) is 0 Å². The minimum absolute atomic E-state index is 0. The van der Waals surface area contributed by atoms with Gasteiger partial charge in [0.15, 0.2) is 12.2 Å². The number of para-hydroxylation sites is 2. The van der Waals surface area contributed by atoms with Gasteiger partial charge in [-0.25, -0.2) is 29.5 Å². The SMILES string of the molecule is O.O.O=C(O)C(O)C(O)C(=O)O.c1ccc2ncncc2c1.c1ccc2ncncc2c1. The largest absolute Gasteiger partial charge is 0.479 e. The number of hydrogen-bond donors (Lipinski definition) is 4. The Kier molecular flexibility index (Phi) is 12.2. The molecule has 170 valence electrons. The fourth-order valence-electron chi connectivity index (χ4n) is 2.12. The van der Waals surface area contributed by atoms with Gasteiger partial charge >= 0.3 is 11.9 Å². The number of aliphatic hydroxyl groups is 2. The number of fused-ring (bicyclic) bond motifs is 2. The Morgan fingerprint density at radius 1 is 0.656 bits per heavy atom. The molecule has 0 aliphatic heterocycles. The molecule has 2 heterocycles. The van der Waals surface area contributed by atoms with E-state index in [2.05, 4.69) is 19.9 Å². The van der Waals surface area contributed by atoms with E-state index in [-0.39, 0.29) is 11.0 Å². The number of hydrogen-bond acceptors (Lipinski definition) is 8. The van der Waals surface area contributed by atoms with Crippen LogP contribution in [0.4, 0.5) is 0 Å². The molecule has 4 rings (SSSR count). The first kappa shape index (κ1) is 27.9. The van der Waals surface area contributed by atoms with E-state index >= 15 is 0 Å². The molecule has 0 saturated heterocycles. The van der Waals surface area contributed by atoms with Gasteiger partial charge < -0.3 is 31.4 Å². The molecule has 12 nitrogen and oxygen atoms in total. The van der Waals surface area contributed by atoms with Crippen LogP contribution in [0.5, 0.6) is 0 Å². The smallest absolute Gasteiger partial charge is 0.335 e. The van der Waals surface area contributed by atoms with Crippen LogP contribution in [0.25, 0.3) is 21.8 Å². The van der Waals surface area contributed by atoms with Gasteiger partial charge in [0, 0.05) is 23.2 Å². The van der Waals surface area contributed by atoms with Crippen molar-refractivity contribution >= 4 is 33.7 Å². The number of benzene rings is 2. The normalized spacial score (nSPS) is 11.2. The van der Waals surface area contributed by atoms with Crippen LogP contribution >= 0.6 is 0 Å². The fraction of sp³-hybridized carbons (Fsp3) is 0.100. The summed E-state index contributed by atoms with van der Waals surface area (Å²) < 4.78 is 0. The average molecular weight is 446 g/mol. The van der Waals surface area contributed by atoms with Gasteiger partial charge in [0.05, 0.1) is 11.0 Å². The van der Waals surface area contributed by atoms with Crippen molar-refractivity contribution < 1.29 is 41.0 Å². The first-order valence-corrected chi connectivity index (χ1v) is 8.51. The zero-order valence-corrected chi connectivity index (χ0v) is 16.5. The minimum atomic E-state index is -2.27. The zero-order chi connectivity index (χ0) is 21.9. The number of rotatable bonds is 3. The van der Waals surface area contributed by atoms with Gasteiger partial charge in [-0.3, -0.25) is 0 Å². The van der Waals surface area contributed by atoms with Gasteiger partial charge in [0.1, 0.15) is 12.7 Å². The van der Waals surface area contributed by atoms with Crippen molar-refractivity contribution in [2.24, 2.45) is 0 Å². The van der Waals surface area contributed by atoms with E-state index in [9.17, 15) is 9.59 Å². The molecule has 0 amide bonds. The van der Waals surface area contributed by atoms with Crippen molar-refractivity contribution in [2.75, 3.05) is 0 Å². The minimum Gasteiger partial charge on any atom is -0.479 e. The third-order valence-electron chi connectivity index (χ3n) is 3.63. The monoisotopic (exact) mass is 446 g/mol. The Labute approximate surface area is 181 Å². The number of carboxylic acids is 2. The van der Waals surface area contributed by atoms with Crippen molar-refractivity contribution in [3.63, 3.8) is 0 Å². The lowest BCUT2D eigenvalue weighted by atomic mass is 10.2. The fourth-order valence-corrected chi connectivity index (χ4v) is 2.12. The summed E-state index contributed by atoms with van der Waals surface area (Å²) in [5.74, 6) is -3.54. The van der Waals surface area contributed by atoms with Gasteiger partial charge in [-0.15, -0.1) is 0 Å². The second-order valence-electron chi connectivity index (χ2n) is 5.73. The summed E-state index contributed by atoms with van der Waals surface area (Å²) in [6.45, 7) is 0. The molecular formula is C20H22N4O8. The first-order chi connectivity index (χ1) is 14.4. The van der Waals surface area contributed by atoms with Crippen molar-refractivity contribution in [3.8, 4) is 0 Å². The summed E-state index contributed by atoms with van der Waals surface area (Å²) >= 11 is 0. The van der Waals surface area contributed by atoms with Crippen molar-refractivity contribution in [1.82, 2.24) is 19.9 Å². The van der Waals surface area contributed by atoms with E-state index in [1.165, 1.54) is 0 Å². The van der Waals surface area contributed by atoms with Crippen LogP contribution in [0.3, 0.4) is 0 Å². The van der Waals surface area contributed by atoms with Gasteiger partial charge in [-0.05, 0) is 12.1 Å². The second kappa shape index (κ2) is 14.0. The first-order valence-electron chi connectivity index (χ1n) is 8.51. The molecule has 4 aromatic rings. The van der Waals surface area contributed by atoms with Gasteiger partial charge in [-0.1, -0.05) is 36.4 Å². The third kappa shape index (κ3) is 8.33. The number of carboxylic acid groups (broad SMARTS) is 2. The molecule has 8 N–H and O–H groups in total. The van der Waals surface area contributed by atoms with Crippen LogP contribution in [0.2, 0.25) is 0 Å². The molecule has 2 aromatic carbocycles. The molecule has 32 heavy (non-hydrogen) atoms. The topological polar surface area (TPSA) is 230 Å². The summed E-state index contributed by atoms with van der Waals surface area (Å²) in [5.41, 5.74) is 2.00. The molecule has 0 aliphatic carbocycles. The van der Waals surface area contributed by atoms with Crippen molar-refractivity contribution in [2.45, 2.75) is 12.2 Å². The molecular weight excluding hydrogens is 424 g/mol. The molecule has 0 saturated carbocycles. The molecule has 0 radical (unpaired) electrons. The number of aromatic nitrogens is 4. The summed E-state index contributed by atoms with van der Waals surface area (Å²) in [5, 5.41) is 34.7. The summed E-state index contributed by atoms with van der Waals surface area (Å²) in [6.07, 6.45) is 2.20. The van der Waals surface area contributed by atoms with Crippen LogP contribution in [-0.2, 0) is 9.59 Å². The lowest BCUT2D eigenvalue weighted by Gasteiger charge is -2.07. The van der Waals surface area contributed by atoms with Crippen LogP contribution in [0.1, 0.15) is 0 Å². The van der Waals surface area contributed by atoms with Crippen LogP contribution in [0, 0.1) is 0 Å². The molecule has 2 aromatic heterocycles. The number of carbonyl (C=O) groups is 2. The van der Waals surface area contributed by atoms with Crippen LogP contribution in [-0.4, -0.2) is 75.5 Å². The molecule has 12 heteroatoms. The summed E-state index contributed by atoms with van der Waals surface area (Å²) in [4.78, 5) is 35.5. The van der Waals surface area contributed by atoms with E-state index in [0.29, 0.717) is 0 Å². The third-order valence-corrected chi connectivity index (χ3v) is 3.63. The molecule has 0 aliphatic rings. The van der Waals surface area contributed by atoms with Gasteiger partial charge in [0.25, 0.3) is 0 Å². The maximum atomic E-state index is 9.77. The Bertz CT molecular complexity index is 908. The average Bonchev–Trinajstić information content (AvgIpc) is 2.79. The van der Waals surface area contributed by atoms with E-state index in [1.807, 2.05) is 60.9 Å². The Balaban J connectivity index is 0.000000437. The van der Waals surface area contributed by atoms with E-state index in [1.54, 1.807) is 12.7 Å². The molecule has 0 bridgehead atoms. The van der Waals surface area contributed by atoms with Crippen molar-refractivity contribution in [3.05, 3.63) is 73.6 Å². The maximum Gasteiger partial charge on any atom is 0.335 e. The number of nitrogens with zero attached hydrogens (tertiary/aromatic N) is 4. The molecule has 2 atom stereocenters. The molecule has 2 unspecified atom stereocenters. The Morgan fingerprint density at radius 2 is 1.00 bits per heavy atom. The van der Waals surface area contributed by atoms with Crippen LogP contribution < -0.4 is 0 Å². The molecule has 0 spiro atoms. The van der Waals surface area contributed by atoms with E-state index < -0.39 is 24.1 Å². The molecule has 0 fully saturated rings. The predicted molar refractivity (Wildman–Crippen MR) is 114 cm³/mol. The lowest BCUT2D eigenvalue weighted by Crippen LogP contribution is -2.39. The predicted octanol–water partition coefficient (Wildman–Crippen LogP) is -0.512. The number of aliphatic carboxylic acids is 2. The summed E-state index contributed by atoms with van der Waals surface area (Å²) in [7, 11) is 0. The highest BCUT2D eigenvalue weighted by Crippen LogP contribution is 2.07. The highest BCUT2D eigenvalue weighted by atomic mass is 16.4. The zero-order valence-electron chi connectivity index (χ0n) is 16.5. The van der Waals surface area contributed by atoms with Crippen molar-refractivity contribution in [1.29, 1.82) is 0 Å². The standard InChI is InChI=1S/2C8H6N2.C4H6O6.2H2O/c2*1-2-4-8-7(3-1)5-9-6-10-8;5-1(3(7)8)2(6)4(9)10;;/h2*1-6H;1-2,5-6H,(H,7,8)(H,9,10);2*1H2. The van der Waals surface area contributed by atoms with E-state index in [4.69, 9.17) is 20.4 Å². The lowest BCUT2D eigenvalue weighted by molar-refractivity contribution is -0.165. The quantitative estimate of drug-likeness (QED) is 0.314. The Hall–Kier alpha value is -4.10. The van der Waals surface area contributed by atoms with Gasteiger partial charge in [0.2, 0.25) is 0 Å². The van der Waals surface area contributed by atoms with E-state index in [0.717, 1.165) is 21.8 Å². The highest BCUT2D eigenvalue weighted by molar-refractivity contribution is 5.83. The Morgan fingerprint density at radius 3 is 1.31 bits per heavy atom. The van der Waals surface area contributed by atoms with Crippen LogP contribution in [0.15, 0.2) is 73.6 Å². The highest BCUT2D eigenvalue weighted by Gasteiger charge is 2.29. The second-order valence-corrected chi connectivity index (χ2v) is 5.73. The maximum absolute atomic E-state index is 9.77. The summed E-state index contributed by atoms with van der Waals surface area (Å²) in [6, 6.07) is 15.8. The number of aliphatic hydroxyl groups excluding tert-OH is 2.